The molecule has 2 aromatic rings. The number of amides is 1. The van der Waals surface area contributed by atoms with Gasteiger partial charge in [-0.2, -0.15) is 13.5 Å². The SMILES string of the molecule is COc1ccc(S(=O)(=O)C[C@H]2CCOC2)cc1C(=O)Nc1c(F)ccc(Cl)c1F.S. The fourth-order valence-corrected chi connectivity index (χ4v) is 4.81. The Morgan fingerprint density at radius 3 is 2.67 bits per heavy atom. The van der Waals surface area contributed by atoms with Gasteiger partial charge in [0.1, 0.15) is 17.3 Å². The van der Waals surface area contributed by atoms with Crippen LogP contribution in [-0.2, 0) is 14.6 Å². The minimum Gasteiger partial charge on any atom is -0.496 e. The van der Waals surface area contributed by atoms with E-state index in [1.807, 2.05) is 0 Å². The third-order valence-electron chi connectivity index (χ3n) is 4.54. The first-order valence-electron chi connectivity index (χ1n) is 8.66. The topological polar surface area (TPSA) is 81.7 Å². The van der Waals surface area contributed by atoms with E-state index in [2.05, 4.69) is 5.32 Å². The number of benzene rings is 2. The second-order valence-corrected chi connectivity index (χ2v) is 8.99. The number of nitrogens with one attached hydrogen (secondary N) is 1. The van der Waals surface area contributed by atoms with Crippen molar-refractivity contribution in [2.75, 3.05) is 31.4 Å². The summed E-state index contributed by atoms with van der Waals surface area (Å²) in [6.45, 7) is 0.864. The lowest BCUT2D eigenvalue weighted by molar-refractivity contribution is 0.102. The summed E-state index contributed by atoms with van der Waals surface area (Å²) < 4.78 is 63.7. The molecular formula is C19H20ClF2NO5S2. The van der Waals surface area contributed by atoms with E-state index in [0.29, 0.717) is 19.6 Å². The summed E-state index contributed by atoms with van der Waals surface area (Å²) in [4.78, 5) is 12.6. The molecule has 1 heterocycles. The van der Waals surface area contributed by atoms with Crippen LogP contribution in [0.4, 0.5) is 14.5 Å². The van der Waals surface area contributed by atoms with E-state index in [4.69, 9.17) is 21.1 Å². The van der Waals surface area contributed by atoms with Gasteiger partial charge in [0, 0.05) is 6.61 Å². The Morgan fingerprint density at radius 2 is 2.03 bits per heavy atom. The van der Waals surface area contributed by atoms with Crippen LogP contribution in [0.15, 0.2) is 35.2 Å². The average molecular weight is 480 g/mol. The summed E-state index contributed by atoms with van der Waals surface area (Å²) in [7, 11) is -2.42. The van der Waals surface area contributed by atoms with E-state index in [1.54, 1.807) is 0 Å². The Labute approximate surface area is 184 Å². The highest BCUT2D eigenvalue weighted by molar-refractivity contribution is 7.91. The minimum absolute atomic E-state index is 0. The molecule has 0 saturated carbocycles. The predicted octanol–water partition coefficient (Wildman–Crippen LogP) is 3.80. The molecule has 30 heavy (non-hydrogen) atoms. The Bertz CT molecular complexity index is 1040. The van der Waals surface area contributed by atoms with E-state index in [0.717, 1.165) is 18.2 Å². The molecule has 164 valence electrons. The molecule has 1 atom stereocenters. The maximum atomic E-state index is 14.1. The lowest BCUT2D eigenvalue weighted by Gasteiger charge is -2.14. The van der Waals surface area contributed by atoms with Crippen molar-refractivity contribution in [3.05, 3.63) is 52.6 Å². The normalized spacial score (nSPS) is 16.1. The zero-order valence-electron chi connectivity index (χ0n) is 15.9. The van der Waals surface area contributed by atoms with Crippen LogP contribution in [0.2, 0.25) is 5.02 Å². The van der Waals surface area contributed by atoms with Gasteiger partial charge in [0.2, 0.25) is 0 Å². The van der Waals surface area contributed by atoms with Crippen LogP contribution in [0.1, 0.15) is 16.8 Å². The minimum atomic E-state index is -3.71. The average Bonchev–Trinajstić information content (AvgIpc) is 3.19. The molecule has 1 fully saturated rings. The Kier molecular flexibility index (Phi) is 8.09. The van der Waals surface area contributed by atoms with E-state index >= 15 is 0 Å². The predicted molar refractivity (Wildman–Crippen MR) is 114 cm³/mol. The van der Waals surface area contributed by atoms with Crippen molar-refractivity contribution in [1.29, 1.82) is 0 Å². The summed E-state index contributed by atoms with van der Waals surface area (Å²) >= 11 is 5.63. The maximum absolute atomic E-state index is 14.1. The highest BCUT2D eigenvalue weighted by atomic mass is 35.5. The van der Waals surface area contributed by atoms with Gasteiger partial charge in [0.05, 0.1) is 35.0 Å². The number of methoxy groups -OCH3 is 1. The number of carbonyl (C=O) groups is 1. The van der Waals surface area contributed by atoms with E-state index < -0.39 is 33.1 Å². The number of carbonyl (C=O) groups excluding carboxylic acids is 1. The van der Waals surface area contributed by atoms with Crippen LogP contribution in [0.5, 0.6) is 5.75 Å². The van der Waals surface area contributed by atoms with Gasteiger partial charge < -0.3 is 14.8 Å². The molecule has 0 aromatic heterocycles. The molecule has 0 radical (unpaired) electrons. The third kappa shape index (κ3) is 5.23. The number of hydrogen-bond donors (Lipinski definition) is 1. The van der Waals surface area contributed by atoms with Crippen molar-refractivity contribution in [3.63, 3.8) is 0 Å². The molecule has 0 spiro atoms. The van der Waals surface area contributed by atoms with Crippen molar-refractivity contribution in [2.45, 2.75) is 11.3 Å². The van der Waals surface area contributed by atoms with Crippen LogP contribution in [-0.4, -0.2) is 40.4 Å². The highest BCUT2D eigenvalue weighted by Gasteiger charge is 2.27. The van der Waals surface area contributed by atoms with Gasteiger partial charge in [-0.15, -0.1) is 0 Å². The Balaban J connectivity index is 0.00000320. The van der Waals surface area contributed by atoms with Crippen LogP contribution >= 0.6 is 25.1 Å². The standard InChI is InChI=1S/C19H18ClF2NO5S.H2S/c1-27-16-5-2-12(29(25,26)10-11-6-7-28-9-11)8-13(16)19(24)23-18-15(21)4-3-14(20)17(18)22;/h2-5,8,11H,6-7,9-10H2,1H3,(H,23,24);1H2/t11-;/m0./s1. The maximum Gasteiger partial charge on any atom is 0.259 e. The first kappa shape index (κ1) is 24.4. The second kappa shape index (κ2) is 9.95. The number of rotatable bonds is 6. The van der Waals surface area contributed by atoms with Gasteiger partial charge in [-0.1, -0.05) is 11.6 Å². The molecule has 1 amide bonds. The second-order valence-electron chi connectivity index (χ2n) is 6.55. The Morgan fingerprint density at radius 1 is 1.30 bits per heavy atom. The van der Waals surface area contributed by atoms with Crippen LogP contribution in [0.25, 0.3) is 0 Å². The molecule has 2 aromatic carbocycles. The number of ether oxygens (including phenoxy) is 2. The van der Waals surface area contributed by atoms with Crippen molar-refractivity contribution < 1.29 is 31.5 Å². The fraction of sp³-hybridized carbons (Fsp3) is 0.316. The van der Waals surface area contributed by atoms with E-state index in [-0.39, 0.29) is 46.4 Å². The van der Waals surface area contributed by atoms with Gasteiger partial charge in [0.15, 0.2) is 15.7 Å². The monoisotopic (exact) mass is 479 g/mol. The molecular weight excluding hydrogens is 460 g/mol. The molecule has 6 nitrogen and oxygen atoms in total. The van der Waals surface area contributed by atoms with Gasteiger partial charge in [0.25, 0.3) is 5.91 Å². The molecule has 1 saturated heterocycles. The summed E-state index contributed by atoms with van der Waals surface area (Å²) in [5, 5.41) is 1.72. The van der Waals surface area contributed by atoms with Crippen molar-refractivity contribution in [2.24, 2.45) is 5.92 Å². The highest BCUT2D eigenvalue weighted by Crippen LogP contribution is 2.29. The third-order valence-corrected chi connectivity index (χ3v) is 6.71. The Hall–Kier alpha value is -1.88. The summed E-state index contributed by atoms with van der Waals surface area (Å²) in [6, 6.07) is 5.68. The zero-order chi connectivity index (χ0) is 21.2. The molecule has 0 aliphatic carbocycles. The molecule has 1 aliphatic heterocycles. The van der Waals surface area contributed by atoms with Crippen LogP contribution in [0, 0.1) is 17.6 Å². The largest absolute Gasteiger partial charge is 0.496 e. The molecule has 1 N–H and O–H groups in total. The molecule has 0 bridgehead atoms. The molecule has 3 rings (SSSR count). The fourth-order valence-electron chi connectivity index (χ4n) is 3.00. The molecule has 0 unspecified atom stereocenters. The van der Waals surface area contributed by atoms with Crippen molar-refractivity contribution >= 4 is 46.5 Å². The zero-order valence-corrected chi connectivity index (χ0v) is 18.4. The number of halogens is 3. The van der Waals surface area contributed by atoms with Crippen LogP contribution < -0.4 is 10.1 Å². The number of hydrogen-bond acceptors (Lipinski definition) is 5. The van der Waals surface area contributed by atoms with Crippen molar-refractivity contribution in [3.8, 4) is 5.75 Å². The molecule has 11 heteroatoms. The van der Waals surface area contributed by atoms with E-state index in [9.17, 15) is 22.0 Å². The van der Waals surface area contributed by atoms with E-state index in [1.165, 1.54) is 19.2 Å². The van der Waals surface area contributed by atoms with Gasteiger partial charge in [-0.05, 0) is 42.7 Å². The smallest absolute Gasteiger partial charge is 0.259 e. The van der Waals surface area contributed by atoms with Crippen LogP contribution in [0.3, 0.4) is 0 Å². The van der Waals surface area contributed by atoms with Crippen molar-refractivity contribution in [1.82, 2.24) is 0 Å². The first-order valence-corrected chi connectivity index (χ1v) is 10.7. The number of anilines is 1. The number of sulfone groups is 1. The molecule has 1 aliphatic rings. The summed E-state index contributed by atoms with van der Waals surface area (Å²) in [6.07, 6.45) is 0.635. The lowest BCUT2D eigenvalue weighted by Crippen LogP contribution is -2.19. The van der Waals surface area contributed by atoms with Gasteiger partial charge >= 0.3 is 0 Å². The van der Waals surface area contributed by atoms with Gasteiger partial charge in [-0.3, -0.25) is 4.79 Å². The summed E-state index contributed by atoms with van der Waals surface area (Å²) in [5.41, 5.74) is -0.920. The first-order chi connectivity index (χ1) is 13.7. The van der Waals surface area contributed by atoms with Gasteiger partial charge in [-0.25, -0.2) is 17.2 Å². The lowest BCUT2D eigenvalue weighted by atomic mass is 10.1. The quantitative estimate of drug-likeness (QED) is 0.637. The summed E-state index contributed by atoms with van der Waals surface area (Å²) in [5.74, 6) is -3.31.